The minimum Gasteiger partial charge on any atom is -0.476 e. The van der Waals surface area contributed by atoms with Crippen LogP contribution in [0.2, 0.25) is 0 Å². The summed E-state index contributed by atoms with van der Waals surface area (Å²) in [5, 5.41) is 12.2. The molecule has 1 fully saturated rings. The first-order valence-electron chi connectivity index (χ1n) is 6.31. The Morgan fingerprint density at radius 1 is 1.40 bits per heavy atom. The molecule has 2 atom stereocenters. The Labute approximate surface area is 116 Å². The third kappa shape index (κ3) is 3.06. The molecule has 20 heavy (non-hydrogen) atoms. The molecular weight excluding hydrogens is 284 g/mol. The van der Waals surface area contributed by atoms with Crippen molar-refractivity contribution in [2.45, 2.75) is 37.0 Å². The van der Waals surface area contributed by atoms with E-state index in [0.29, 0.717) is 25.7 Å². The zero-order valence-electron chi connectivity index (χ0n) is 11.0. The molecule has 0 aromatic carbocycles. The van der Waals surface area contributed by atoms with Crippen molar-refractivity contribution in [1.82, 2.24) is 9.78 Å². The van der Waals surface area contributed by atoms with Gasteiger partial charge in [0.05, 0.1) is 11.3 Å². The van der Waals surface area contributed by atoms with Crippen LogP contribution >= 0.6 is 0 Å². The summed E-state index contributed by atoms with van der Waals surface area (Å²) in [5.74, 6) is -1.21. The fourth-order valence-electron chi connectivity index (χ4n) is 2.53. The van der Waals surface area contributed by atoms with Gasteiger partial charge in [0.2, 0.25) is 0 Å². The van der Waals surface area contributed by atoms with Gasteiger partial charge >= 0.3 is 5.97 Å². The first-order valence-corrected chi connectivity index (χ1v) is 8.26. The standard InChI is InChI=1S/C12H16N2O5S/c1-20(18,19)9-4-2-3-8(7-9)14-11(15)6-5-10(13-14)12(16)17/h5-6,8-9H,2-4,7H2,1H3,(H,16,17). The molecule has 0 amide bonds. The number of hydrogen-bond donors (Lipinski definition) is 1. The summed E-state index contributed by atoms with van der Waals surface area (Å²) in [5.41, 5.74) is -0.625. The predicted molar refractivity (Wildman–Crippen MR) is 71.6 cm³/mol. The van der Waals surface area contributed by atoms with E-state index in [4.69, 9.17) is 5.11 Å². The normalized spacial score (nSPS) is 23.4. The van der Waals surface area contributed by atoms with Crippen LogP contribution in [0.25, 0.3) is 0 Å². The summed E-state index contributed by atoms with van der Waals surface area (Å²) < 4.78 is 24.4. The number of nitrogens with zero attached hydrogens (tertiary/aromatic N) is 2. The van der Waals surface area contributed by atoms with Crippen molar-refractivity contribution in [3.63, 3.8) is 0 Å². The van der Waals surface area contributed by atoms with Gasteiger partial charge < -0.3 is 5.11 Å². The maximum absolute atomic E-state index is 11.8. The predicted octanol–water partition coefficient (Wildman–Crippen LogP) is 0.470. The third-order valence-electron chi connectivity index (χ3n) is 3.59. The molecule has 0 aliphatic heterocycles. The van der Waals surface area contributed by atoms with Gasteiger partial charge in [0.15, 0.2) is 5.69 Å². The van der Waals surface area contributed by atoms with E-state index in [-0.39, 0.29) is 11.7 Å². The van der Waals surface area contributed by atoms with Gasteiger partial charge in [0, 0.05) is 12.3 Å². The highest BCUT2D eigenvalue weighted by Gasteiger charge is 2.30. The van der Waals surface area contributed by atoms with Gasteiger partial charge in [-0.3, -0.25) is 4.79 Å². The van der Waals surface area contributed by atoms with Crippen LogP contribution in [0.5, 0.6) is 0 Å². The lowest BCUT2D eigenvalue weighted by Crippen LogP contribution is -2.35. The lowest BCUT2D eigenvalue weighted by Gasteiger charge is -2.28. The average molecular weight is 300 g/mol. The van der Waals surface area contributed by atoms with Crippen molar-refractivity contribution in [3.05, 3.63) is 28.2 Å². The Kier molecular flexibility index (Phi) is 3.94. The van der Waals surface area contributed by atoms with Gasteiger partial charge in [-0.1, -0.05) is 6.42 Å². The Hall–Kier alpha value is -1.70. The van der Waals surface area contributed by atoms with Crippen LogP contribution in [0, 0.1) is 0 Å². The van der Waals surface area contributed by atoms with E-state index in [2.05, 4.69) is 5.10 Å². The second kappa shape index (κ2) is 5.35. The van der Waals surface area contributed by atoms with Crippen LogP contribution in [0.4, 0.5) is 0 Å². The van der Waals surface area contributed by atoms with E-state index in [9.17, 15) is 18.0 Å². The van der Waals surface area contributed by atoms with Crippen molar-refractivity contribution in [2.24, 2.45) is 0 Å². The molecule has 1 aliphatic rings. The molecule has 1 aromatic rings. The molecule has 1 aliphatic carbocycles. The molecule has 1 aromatic heterocycles. The van der Waals surface area contributed by atoms with Gasteiger partial charge in [0.25, 0.3) is 5.56 Å². The molecule has 1 heterocycles. The highest BCUT2D eigenvalue weighted by molar-refractivity contribution is 7.91. The molecule has 8 heteroatoms. The molecule has 0 bridgehead atoms. The number of aromatic carboxylic acids is 1. The number of carbonyl (C=O) groups is 1. The van der Waals surface area contributed by atoms with Crippen LogP contribution in [0.3, 0.4) is 0 Å². The number of carboxylic acids is 1. The summed E-state index contributed by atoms with van der Waals surface area (Å²) in [6.07, 6.45) is 3.36. The highest BCUT2D eigenvalue weighted by Crippen LogP contribution is 2.30. The zero-order valence-corrected chi connectivity index (χ0v) is 11.8. The van der Waals surface area contributed by atoms with Gasteiger partial charge in [-0.25, -0.2) is 17.9 Å². The molecular formula is C12H16N2O5S. The largest absolute Gasteiger partial charge is 0.476 e. The molecule has 110 valence electrons. The highest BCUT2D eigenvalue weighted by atomic mass is 32.2. The molecule has 1 N–H and O–H groups in total. The average Bonchev–Trinajstić information content (AvgIpc) is 2.38. The van der Waals surface area contributed by atoms with Crippen LogP contribution in [0.15, 0.2) is 16.9 Å². The second-order valence-electron chi connectivity index (χ2n) is 5.08. The molecule has 0 saturated heterocycles. The molecule has 7 nitrogen and oxygen atoms in total. The van der Waals surface area contributed by atoms with E-state index >= 15 is 0 Å². The minimum atomic E-state index is -3.17. The summed E-state index contributed by atoms with van der Waals surface area (Å²) in [6.45, 7) is 0. The lowest BCUT2D eigenvalue weighted by atomic mass is 9.95. The summed E-state index contributed by atoms with van der Waals surface area (Å²) >= 11 is 0. The minimum absolute atomic E-state index is 0.217. The number of sulfone groups is 1. The number of carboxylic acid groups (broad SMARTS) is 1. The van der Waals surface area contributed by atoms with Gasteiger partial charge in [-0.15, -0.1) is 0 Å². The topological polar surface area (TPSA) is 106 Å². The molecule has 0 radical (unpaired) electrons. The third-order valence-corrected chi connectivity index (χ3v) is 5.23. The first kappa shape index (κ1) is 14.7. The van der Waals surface area contributed by atoms with Crippen molar-refractivity contribution in [3.8, 4) is 0 Å². The second-order valence-corrected chi connectivity index (χ2v) is 7.40. The van der Waals surface area contributed by atoms with Crippen LogP contribution in [0.1, 0.15) is 42.2 Å². The van der Waals surface area contributed by atoms with Crippen molar-refractivity contribution >= 4 is 15.8 Å². The quantitative estimate of drug-likeness (QED) is 0.869. The molecule has 2 unspecified atom stereocenters. The zero-order chi connectivity index (χ0) is 14.9. The van der Waals surface area contributed by atoms with E-state index in [1.807, 2.05) is 0 Å². The van der Waals surface area contributed by atoms with Gasteiger partial charge in [0.1, 0.15) is 9.84 Å². The molecule has 1 saturated carbocycles. The maximum atomic E-state index is 11.8. The fourth-order valence-corrected chi connectivity index (χ4v) is 3.70. The molecule has 0 spiro atoms. The van der Waals surface area contributed by atoms with Crippen molar-refractivity contribution in [1.29, 1.82) is 0 Å². The first-order chi connectivity index (χ1) is 9.29. The molecule has 2 rings (SSSR count). The number of aromatic nitrogens is 2. The Bertz CT molecular complexity index is 679. The summed E-state index contributed by atoms with van der Waals surface area (Å²) in [4.78, 5) is 22.7. The van der Waals surface area contributed by atoms with Crippen molar-refractivity contribution < 1.29 is 18.3 Å². The Morgan fingerprint density at radius 2 is 2.10 bits per heavy atom. The maximum Gasteiger partial charge on any atom is 0.356 e. The van der Waals surface area contributed by atoms with E-state index < -0.39 is 26.6 Å². The lowest BCUT2D eigenvalue weighted by molar-refractivity contribution is 0.0686. The number of hydrogen-bond acceptors (Lipinski definition) is 5. The smallest absolute Gasteiger partial charge is 0.356 e. The van der Waals surface area contributed by atoms with Crippen molar-refractivity contribution in [2.75, 3.05) is 6.26 Å². The van der Waals surface area contributed by atoms with Crippen LogP contribution in [-0.2, 0) is 9.84 Å². The van der Waals surface area contributed by atoms with E-state index in [0.717, 1.165) is 16.8 Å². The van der Waals surface area contributed by atoms with Gasteiger partial charge in [-0.2, -0.15) is 5.10 Å². The Balaban J connectivity index is 2.34. The Morgan fingerprint density at radius 3 is 2.70 bits per heavy atom. The van der Waals surface area contributed by atoms with Crippen LogP contribution in [-0.4, -0.2) is 40.8 Å². The summed E-state index contributed by atoms with van der Waals surface area (Å²) in [7, 11) is -3.17. The SMILES string of the molecule is CS(=O)(=O)C1CCCC(n2nc(C(=O)O)ccc2=O)C1. The fraction of sp³-hybridized carbons (Fsp3) is 0.583. The van der Waals surface area contributed by atoms with Gasteiger partial charge in [-0.05, 0) is 25.3 Å². The number of rotatable bonds is 3. The van der Waals surface area contributed by atoms with E-state index in [1.54, 1.807) is 0 Å². The van der Waals surface area contributed by atoms with Crippen LogP contribution < -0.4 is 5.56 Å². The monoisotopic (exact) mass is 300 g/mol. The summed E-state index contributed by atoms with van der Waals surface area (Å²) in [6, 6.07) is 1.94. The van der Waals surface area contributed by atoms with E-state index in [1.165, 1.54) is 6.26 Å².